The van der Waals surface area contributed by atoms with Gasteiger partial charge in [0.05, 0.1) is 31.2 Å². The van der Waals surface area contributed by atoms with Crippen LogP contribution in [-0.2, 0) is 14.3 Å². The van der Waals surface area contributed by atoms with Crippen molar-refractivity contribution in [1.29, 1.82) is 0 Å². The zero-order valence-corrected chi connectivity index (χ0v) is 15.3. The van der Waals surface area contributed by atoms with Crippen molar-refractivity contribution < 1.29 is 14.3 Å². The third-order valence-corrected chi connectivity index (χ3v) is 5.63. The number of aromatic nitrogens is 4. The number of carbonyl (C=O) groups is 2. The van der Waals surface area contributed by atoms with Gasteiger partial charge in [0.1, 0.15) is 5.41 Å². The van der Waals surface area contributed by atoms with E-state index in [1.165, 1.54) is 7.11 Å². The molecule has 0 unspecified atom stereocenters. The minimum absolute atomic E-state index is 0.103. The summed E-state index contributed by atoms with van der Waals surface area (Å²) in [5, 5.41) is 7.54. The summed E-state index contributed by atoms with van der Waals surface area (Å²) in [6.45, 7) is 0. The Morgan fingerprint density at radius 2 is 1.96 bits per heavy atom. The maximum Gasteiger partial charge on any atom is 0.321 e. The van der Waals surface area contributed by atoms with Crippen LogP contribution in [0.1, 0.15) is 44.6 Å². The molecule has 2 saturated carbocycles. The topological polar surface area (TPSA) is 99.0 Å². The number of esters is 1. The van der Waals surface area contributed by atoms with Crippen molar-refractivity contribution in [2.75, 3.05) is 7.11 Å². The van der Waals surface area contributed by atoms with Gasteiger partial charge in [0.2, 0.25) is 5.91 Å². The van der Waals surface area contributed by atoms with E-state index in [1.54, 1.807) is 18.6 Å². The van der Waals surface area contributed by atoms with Crippen molar-refractivity contribution in [1.82, 2.24) is 25.1 Å². The quantitative estimate of drug-likeness (QED) is 0.638. The van der Waals surface area contributed by atoms with Crippen molar-refractivity contribution in [2.24, 2.45) is 5.41 Å². The minimum Gasteiger partial charge on any atom is -0.468 e. The maximum atomic E-state index is 12.5. The Hall–Kier alpha value is -2.77. The van der Waals surface area contributed by atoms with Gasteiger partial charge >= 0.3 is 5.97 Å². The van der Waals surface area contributed by atoms with Crippen LogP contribution >= 0.6 is 0 Å². The molecule has 2 aliphatic carbocycles. The zero-order valence-electron chi connectivity index (χ0n) is 15.3. The molecule has 0 aliphatic heterocycles. The molecule has 0 saturated heterocycles. The largest absolute Gasteiger partial charge is 0.468 e. The van der Waals surface area contributed by atoms with Crippen molar-refractivity contribution in [2.45, 2.75) is 50.6 Å². The van der Waals surface area contributed by atoms with E-state index in [0.29, 0.717) is 18.9 Å². The lowest BCUT2D eigenvalue weighted by Crippen LogP contribution is -2.44. The first kappa shape index (κ1) is 17.6. The summed E-state index contributed by atoms with van der Waals surface area (Å²) in [6, 6.07) is 0.407. The van der Waals surface area contributed by atoms with E-state index in [9.17, 15) is 9.59 Å². The lowest BCUT2D eigenvalue weighted by Gasteiger charge is -2.30. The van der Waals surface area contributed by atoms with Crippen molar-refractivity contribution >= 4 is 11.9 Å². The first-order valence-electron chi connectivity index (χ1n) is 9.32. The SMILES string of the molecule is COC(=O)C1(C(=O)NC2CCC(n3cc(-c4cnccn4)cn3)CC2)CC1. The average Bonchev–Trinajstić information content (AvgIpc) is 3.39. The van der Waals surface area contributed by atoms with Gasteiger partial charge in [0.15, 0.2) is 0 Å². The van der Waals surface area contributed by atoms with Gasteiger partial charge in [0.25, 0.3) is 0 Å². The van der Waals surface area contributed by atoms with Crippen LogP contribution in [0, 0.1) is 5.41 Å². The van der Waals surface area contributed by atoms with Gasteiger partial charge < -0.3 is 10.1 Å². The standard InChI is InChI=1S/C19H23N5O3/c1-27-18(26)19(6-7-19)17(25)23-14-2-4-15(5-3-14)24-12-13(10-22-24)16-11-20-8-9-21-16/h8-12,14-15H,2-7H2,1H3,(H,23,25). The monoisotopic (exact) mass is 369 g/mol. The number of amides is 1. The molecule has 142 valence electrons. The molecule has 8 heteroatoms. The van der Waals surface area contributed by atoms with Crippen molar-refractivity contribution in [3.05, 3.63) is 31.0 Å². The Labute approximate surface area is 157 Å². The highest BCUT2D eigenvalue weighted by molar-refractivity contribution is 6.05. The van der Waals surface area contributed by atoms with E-state index in [0.717, 1.165) is 36.9 Å². The fourth-order valence-corrected chi connectivity index (χ4v) is 3.77. The van der Waals surface area contributed by atoms with Gasteiger partial charge in [-0.15, -0.1) is 0 Å². The number of hydrogen-bond donors (Lipinski definition) is 1. The third-order valence-electron chi connectivity index (χ3n) is 5.63. The number of methoxy groups -OCH3 is 1. The van der Waals surface area contributed by atoms with Crippen molar-refractivity contribution in [3.63, 3.8) is 0 Å². The molecule has 0 spiro atoms. The molecule has 4 rings (SSSR count). The van der Waals surface area contributed by atoms with E-state index < -0.39 is 11.4 Å². The van der Waals surface area contributed by atoms with Crippen LogP contribution in [0.15, 0.2) is 31.0 Å². The highest BCUT2D eigenvalue weighted by atomic mass is 16.5. The summed E-state index contributed by atoms with van der Waals surface area (Å²) in [6.07, 6.45) is 13.6. The summed E-state index contributed by atoms with van der Waals surface area (Å²) >= 11 is 0. The van der Waals surface area contributed by atoms with Gasteiger partial charge in [0, 0.05) is 30.2 Å². The number of ether oxygens (including phenoxy) is 1. The molecule has 0 atom stereocenters. The molecular formula is C19H23N5O3. The predicted octanol–water partition coefficient (Wildman–Crippen LogP) is 1.89. The second kappa shape index (κ2) is 7.09. The molecule has 2 aliphatic rings. The van der Waals surface area contributed by atoms with Gasteiger partial charge in [-0.25, -0.2) is 0 Å². The van der Waals surface area contributed by atoms with Crippen LogP contribution in [0.2, 0.25) is 0 Å². The molecule has 2 heterocycles. The fourth-order valence-electron chi connectivity index (χ4n) is 3.77. The van der Waals surface area contributed by atoms with Gasteiger partial charge in [-0.1, -0.05) is 0 Å². The lowest BCUT2D eigenvalue weighted by molar-refractivity contribution is -0.152. The first-order chi connectivity index (χ1) is 13.1. The van der Waals surface area contributed by atoms with Crippen LogP contribution in [0.5, 0.6) is 0 Å². The van der Waals surface area contributed by atoms with E-state index in [-0.39, 0.29) is 11.9 Å². The molecule has 0 radical (unpaired) electrons. The lowest BCUT2D eigenvalue weighted by atomic mass is 9.90. The molecule has 8 nitrogen and oxygen atoms in total. The molecule has 27 heavy (non-hydrogen) atoms. The summed E-state index contributed by atoms with van der Waals surface area (Å²) in [5.74, 6) is -0.594. The Balaban J connectivity index is 1.33. The Morgan fingerprint density at radius 3 is 2.59 bits per heavy atom. The molecular weight excluding hydrogens is 346 g/mol. The van der Waals surface area contributed by atoms with E-state index in [1.807, 2.05) is 17.1 Å². The predicted molar refractivity (Wildman–Crippen MR) is 96.4 cm³/mol. The van der Waals surface area contributed by atoms with Gasteiger partial charge in [-0.3, -0.25) is 24.2 Å². The average molecular weight is 369 g/mol. The van der Waals surface area contributed by atoms with Gasteiger partial charge in [-0.2, -0.15) is 5.10 Å². The molecule has 2 aromatic rings. The Bertz CT molecular complexity index is 823. The molecule has 1 amide bonds. The van der Waals surface area contributed by atoms with Crippen LogP contribution in [-0.4, -0.2) is 44.8 Å². The second-order valence-corrected chi connectivity index (χ2v) is 7.35. The van der Waals surface area contributed by atoms with E-state index >= 15 is 0 Å². The second-order valence-electron chi connectivity index (χ2n) is 7.35. The molecule has 2 fully saturated rings. The highest BCUT2D eigenvalue weighted by Gasteiger charge is 2.58. The highest BCUT2D eigenvalue weighted by Crippen LogP contribution is 2.47. The molecule has 0 aromatic carbocycles. The Morgan fingerprint density at radius 1 is 1.19 bits per heavy atom. The normalized spacial score (nSPS) is 23.4. The number of nitrogens with one attached hydrogen (secondary N) is 1. The summed E-state index contributed by atoms with van der Waals surface area (Å²) in [4.78, 5) is 32.7. The van der Waals surface area contributed by atoms with Gasteiger partial charge in [-0.05, 0) is 38.5 Å². The van der Waals surface area contributed by atoms with Crippen LogP contribution in [0.3, 0.4) is 0 Å². The molecule has 0 bridgehead atoms. The molecule has 2 aromatic heterocycles. The fraction of sp³-hybridized carbons (Fsp3) is 0.526. The number of hydrogen-bond acceptors (Lipinski definition) is 6. The Kier molecular flexibility index (Phi) is 4.63. The summed E-state index contributed by atoms with van der Waals surface area (Å²) in [5.41, 5.74) is 0.827. The van der Waals surface area contributed by atoms with Crippen LogP contribution < -0.4 is 5.32 Å². The van der Waals surface area contributed by atoms with E-state index in [2.05, 4.69) is 20.4 Å². The smallest absolute Gasteiger partial charge is 0.321 e. The summed E-state index contributed by atoms with van der Waals surface area (Å²) in [7, 11) is 1.33. The number of rotatable bonds is 5. The number of carbonyl (C=O) groups excluding carboxylic acids is 2. The zero-order chi connectivity index (χ0) is 18.9. The molecule has 1 N–H and O–H groups in total. The first-order valence-corrected chi connectivity index (χ1v) is 9.32. The van der Waals surface area contributed by atoms with Crippen molar-refractivity contribution in [3.8, 4) is 11.3 Å². The third kappa shape index (κ3) is 3.43. The van der Waals surface area contributed by atoms with Crippen LogP contribution in [0.4, 0.5) is 0 Å². The van der Waals surface area contributed by atoms with E-state index in [4.69, 9.17) is 4.74 Å². The van der Waals surface area contributed by atoms with Crippen LogP contribution in [0.25, 0.3) is 11.3 Å². The summed E-state index contributed by atoms with van der Waals surface area (Å²) < 4.78 is 6.77. The maximum absolute atomic E-state index is 12.5. The number of nitrogens with zero attached hydrogens (tertiary/aromatic N) is 4. The minimum atomic E-state index is -0.931.